The van der Waals surface area contributed by atoms with Gasteiger partial charge in [-0.25, -0.2) is 0 Å². The molecule has 5 amide bonds. The van der Waals surface area contributed by atoms with Crippen LogP contribution in [0, 0.1) is 0 Å². The number of amides is 5. The molecule has 0 atom stereocenters. The van der Waals surface area contributed by atoms with Crippen LogP contribution in [-0.2, 0) is 57.8 Å². The van der Waals surface area contributed by atoms with Crippen LogP contribution in [0.2, 0.25) is 5.82 Å². The van der Waals surface area contributed by atoms with E-state index in [0.717, 1.165) is 51.7 Å². The van der Waals surface area contributed by atoms with Crippen molar-refractivity contribution in [2.75, 3.05) is 49.4 Å². The zero-order chi connectivity index (χ0) is 90.6. The summed E-state index contributed by atoms with van der Waals surface area (Å²) in [6.45, 7) is 16.5. The van der Waals surface area contributed by atoms with E-state index >= 15 is 0 Å². The Bertz CT molecular complexity index is 4310. The molecule has 119 heavy (non-hydrogen) atoms. The zero-order valence-electron chi connectivity index (χ0n) is 66.5. The summed E-state index contributed by atoms with van der Waals surface area (Å²) < 4.78 is 136. The minimum Gasteiger partial charge on any atom is -0.481 e. The van der Waals surface area contributed by atoms with Gasteiger partial charge >= 0.3 is 665 Å². The van der Waals surface area contributed by atoms with E-state index in [1.807, 2.05) is 346 Å². The van der Waals surface area contributed by atoms with Gasteiger partial charge in [-0.1, -0.05) is 14.9 Å². The number of hydrogen-bond donors (Lipinski definition) is 9. The van der Waals surface area contributed by atoms with Crippen molar-refractivity contribution < 1.29 is 115 Å². The summed E-state index contributed by atoms with van der Waals surface area (Å²) in [6.07, 6.45) is -2.44. The largest absolute Gasteiger partial charge is 0.522 e. The van der Waals surface area contributed by atoms with Gasteiger partial charge in [0.15, 0.2) is 0 Å². The third-order valence-corrected chi connectivity index (χ3v) is 22.5. The molecule has 0 saturated heterocycles. The zero-order valence-corrected chi connectivity index (χ0v) is 80.9. The molecule has 6 aromatic rings. The number of nitrogens with one attached hydrogen (secondary N) is 5. The van der Waals surface area contributed by atoms with E-state index in [0.29, 0.717) is 7.11 Å². The number of hydrazone groups is 1. The summed E-state index contributed by atoms with van der Waals surface area (Å²) in [5.41, 5.74) is 7.50. The fraction of sp³-hybridized carbons (Fsp3) is 0.347. The summed E-state index contributed by atoms with van der Waals surface area (Å²) in [5.74, 6) is 4.30. The van der Waals surface area contributed by atoms with Crippen LogP contribution in [0.25, 0.3) is 0 Å². The molecule has 30 nitrogen and oxygen atoms in total. The smallest absolute Gasteiger partial charge is 0.481 e. The van der Waals surface area contributed by atoms with E-state index in [-0.39, 0.29) is 48.0 Å². The van der Waals surface area contributed by atoms with Gasteiger partial charge < -0.3 is 10.2 Å². The van der Waals surface area contributed by atoms with Crippen LogP contribution in [-0.4, -0.2) is 322 Å². The van der Waals surface area contributed by atoms with Crippen molar-refractivity contribution in [1.82, 2.24) is 52.2 Å². The number of hydrogen-bond acceptors (Lipinski definition) is 21. The number of halogens is 6. The molecule has 6 aromatic carbocycles. The number of nitrogens with zero attached hydrogens (tertiary/aromatic N) is 6. The van der Waals surface area contributed by atoms with Crippen molar-refractivity contribution in [3.8, 4) is 0 Å². The van der Waals surface area contributed by atoms with E-state index in [9.17, 15) is 68.3 Å². The molecule has 0 heterocycles. The standard InChI is InChI=1S/C19H20N4O2Te2.C14H20N2O2Se.C13H18N2O2Se.C13H18N2O2Te.C8H10N2Te.C3H4O4.C2H3F3O3S.CHF3O3S.2CH4/c1-22(18(26)14-9-5-3-6-10-14)20-16(24)13-17(25)21-23(2)19(27)15-11-7-4-8-12-15;1-14(2,3)18-13(17)15-16(4)12(19-5)11-9-7-6-8-10-11;2*1-13(2,3)17-12(16)14-15(4)11(18)10-8-6-5-7-9-10;1-10(9)8(11)7-5-3-2-4-6-7;4-2(5)1-3(6)7;1-8-9(6,7)2(3,4)5;2-1(3,4)8(5,6)7;;/h3-12H,13H2,1-2H3,(H,20,24)(H,21,25);6-10H,1-5H3;2*5-9H,1-4H3,(H,14,16);2-6H,9H2,1H3;1H2,(H,4,5)(H,6,7);1H3;(H,5,6,7);2*1H4/p+1/b;16-12+;;;;;;;;. The minimum atomic E-state index is -5.84. The average molecular weight is 2310 g/mol. The van der Waals surface area contributed by atoms with Crippen molar-refractivity contribution in [2.24, 2.45) is 5.84 Å². The van der Waals surface area contributed by atoms with Gasteiger partial charge in [-0.15, -0.1) is 0 Å². The molecule has 0 spiro atoms. The second-order valence-electron chi connectivity index (χ2n) is 25.7. The van der Waals surface area contributed by atoms with Crippen LogP contribution in [0.1, 0.15) is 123 Å². The Balaban J connectivity index is -0.000000657. The first-order chi connectivity index (χ1) is 53.7. The summed E-state index contributed by atoms with van der Waals surface area (Å²) in [5, 5.41) is 23.5. The Morgan fingerprint density at radius 3 is 0.933 bits per heavy atom. The fourth-order valence-corrected chi connectivity index (χ4v) is 11.3. The van der Waals surface area contributed by atoms with E-state index in [1.165, 1.54) is 5.56 Å². The monoisotopic (exact) mass is 2320 g/mol. The molecule has 10 N–H and O–H groups in total. The normalized spacial score (nSPS) is 10.8. The number of carboxylic acids is 2. The van der Waals surface area contributed by atoms with Crippen molar-refractivity contribution in [3.63, 3.8) is 0 Å². The molecule has 0 aromatic heterocycles. The molecule has 0 aliphatic heterocycles. The van der Waals surface area contributed by atoms with E-state index in [2.05, 4.69) is 52.7 Å². The summed E-state index contributed by atoms with van der Waals surface area (Å²) in [6, 6.07) is 59.2. The van der Waals surface area contributed by atoms with Crippen LogP contribution in [0.15, 0.2) is 182 Å². The number of carbonyl (C=O) groups excluding carboxylic acids is 5. The van der Waals surface area contributed by atoms with Gasteiger partial charge in [0.25, 0.3) is 0 Å². The van der Waals surface area contributed by atoms with Crippen LogP contribution < -0.4 is 33.0 Å². The molecule has 660 valence electrons. The van der Waals surface area contributed by atoms with Gasteiger partial charge in [0.05, 0.1) is 7.11 Å². The Labute approximate surface area is 757 Å². The van der Waals surface area contributed by atoms with E-state index in [1.54, 1.807) is 57.9 Å². The molecule has 0 aliphatic carbocycles. The molecule has 0 saturated carbocycles. The molecular weight excluding hydrogens is 2200 g/mol. The topological polar surface area (TPSA) is 391 Å². The molecule has 0 bridgehead atoms. The van der Waals surface area contributed by atoms with Crippen LogP contribution >= 0.6 is 0 Å². The molecular formula is C75H103F6N12O18S2Se2Te4+. The Morgan fingerprint density at radius 2 is 0.706 bits per heavy atom. The Kier molecular flexibility index (Phi) is 57.3. The van der Waals surface area contributed by atoms with Crippen LogP contribution in [0.4, 0.5) is 40.7 Å². The number of benzene rings is 6. The van der Waals surface area contributed by atoms with Crippen molar-refractivity contribution in [2.45, 2.75) is 124 Å². The Hall–Kier alpha value is -7.41. The fourth-order valence-electron chi connectivity index (χ4n) is 7.30. The maximum absolute atomic E-state index is 12.2. The van der Waals surface area contributed by atoms with Gasteiger partial charge in [-0.3, -0.25) is 18.3 Å². The minimum absolute atomic E-state index is 0. The molecule has 44 heteroatoms. The number of ether oxygens (including phenoxy) is 3. The summed E-state index contributed by atoms with van der Waals surface area (Å²) >= 11 is 10.6. The first kappa shape index (κ1) is 118. The number of carboxylic acid groups (broad SMARTS) is 2. The number of hydrazine groups is 6. The average Bonchev–Trinajstić information content (AvgIpc) is 0.505. The number of rotatable bonds is 22. The van der Waals surface area contributed by atoms with E-state index in [4.69, 9.17) is 43.2 Å². The maximum Gasteiger partial charge on any atom is 0.522 e. The second-order valence-corrected chi connectivity index (χ2v) is 35.7. The third-order valence-electron chi connectivity index (χ3n) is 12.1. The van der Waals surface area contributed by atoms with Gasteiger partial charge in [-0.05, 0) is 0 Å². The van der Waals surface area contributed by atoms with E-state index < -0.39 is 84.7 Å². The van der Waals surface area contributed by atoms with Gasteiger partial charge in [0.1, 0.15) is 6.42 Å². The summed E-state index contributed by atoms with van der Waals surface area (Å²) in [7, 11) is -0.0194. The Morgan fingerprint density at radius 1 is 0.454 bits per heavy atom. The first-order valence-corrected chi connectivity index (χ1v) is 44.2. The quantitative estimate of drug-likeness (QED) is 0.00271. The molecule has 0 fully saturated rings. The number of aliphatic carboxylic acids is 2. The molecule has 6 rings (SSSR count). The van der Waals surface area contributed by atoms with Gasteiger partial charge in [0.2, 0.25) is 0 Å². The van der Waals surface area contributed by atoms with Crippen molar-refractivity contribution in [3.05, 3.63) is 215 Å². The summed E-state index contributed by atoms with van der Waals surface area (Å²) in [4.78, 5) is 78.2. The number of nitrogens with two attached hydrogens (primary N) is 1. The predicted molar refractivity (Wildman–Crippen MR) is 455 cm³/mol. The molecule has 0 radical (unpaired) electrons. The predicted octanol–water partition coefficient (Wildman–Crippen LogP) is 7.51. The van der Waals surface area contributed by atoms with Crippen molar-refractivity contribution >= 4 is 204 Å². The van der Waals surface area contributed by atoms with Crippen LogP contribution in [0.5, 0.6) is 0 Å². The van der Waals surface area contributed by atoms with Gasteiger partial charge in [0, 0.05) is 0 Å². The number of alkyl halides is 6. The van der Waals surface area contributed by atoms with Crippen molar-refractivity contribution in [1.29, 1.82) is 0 Å². The molecule has 0 aliphatic rings. The molecule has 0 unspecified atom stereocenters. The first-order valence-electron chi connectivity index (χ1n) is 33.2. The number of carbonyl (C=O) groups is 7. The second kappa shape index (κ2) is 57.8. The third kappa shape index (κ3) is 54.6. The maximum atomic E-state index is 12.2. The van der Waals surface area contributed by atoms with Gasteiger partial charge in [-0.2, -0.15) is 43.2 Å². The van der Waals surface area contributed by atoms with Crippen LogP contribution in [0.3, 0.4) is 0 Å². The SMILES string of the molecule is C.C.CN(N)C(=[Te])c1ccccc1.CN(NC(=O)CC(=O)NN(C)C(=[Te])c1ccccc1)C(=[Te])c1ccccc1.CN(NC(=O)OC(C)(C)C)C(=[Se])c1ccccc1.CN(NC(=O)OC(C)(C)C)C(=[Te])c1ccccc1.COS(=O)(=O)C(F)(F)F.C[Se]/C(c1ccccc1)=[N+](\C)NC(=O)OC(C)(C)C.O=C(O)CC(=O)O.O=S(=O)(O)C(F)(F)F.